The lowest BCUT2D eigenvalue weighted by atomic mass is 10.0. The second-order valence-electron chi connectivity index (χ2n) is 5.32. The van der Waals surface area contributed by atoms with Gasteiger partial charge in [0, 0.05) is 0 Å². The zero-order valence-corrected chi connectivity index (χ0v) is 13.4. The number of benzene rings is 1. The van der Waals surface area contributed by atoms with E-state index in [1.165, 1.54) is 32.1 Å². The van der Waals surface area contributed by atoms with Crippen molar-refractivity contribution in [3.63, 3.8) is 0 Å². The topological polar surface area (TPSA) is 37.3 Å². The van der Waals surface area contributed by atoms with Crippen LogP contribution in [0.2, 0.25) is 0 Å². The first-order valence-electron chi connectivity index (χ1n) is 7.54. The Balaban J connectivity index is 2.43. The Hall–Kier alpha value is -0.960. The first-order chi connectivity index (χ1) is 9.61. The van der Waals surface area contributed by atoms with Crippen molar-refractivity contribution in [2.75, 3.05) is 5.75 Å². The number of thioether (sulfide) groups is 1. The summed E-state index contributed by atoms with van der Waals surface area (Å²) >= 11 is 1.55. The van der Waals surface area contributed by atoms with Gasteiger partial charge in [0.1, 0.15) is 4.75 Å². The fraction of sp³-hybridized carbons (Fsp3) is 0.588. The molecule has 112 valence electrons. The number of aliphatic carboxylic acids is 1. The number of carboxylic acid groups (broad SMARTS) is 1. The zero-order valence-electron chi connectivity index (χ0n) is 12.6. The zero-order chi connectivity index (χ0) is 14.8. The van der Waals surface area contributed by atoms with E-state index >= 15 is 0 Å². The molecule has 0 amide bonds. The largest absolute Gasteiger partial charge is 0.480 e. The van der Waals surface area contributed by atoms with Gasteiger partial charge in [0.05, 0.1) is 0 Å². The highest BCUT2D eigenvalue weighted by molar-refractivity contribution is 8.00. The third-order valence-corrected chi connectivity index (χ3v) is 5.10. The van der Waals surface area contributed by atoms with E-state index in [2.05, 4.69) is 6.92 Å². The number of carbonyl (C=O) groups is 1. The van der Waals surface area contributed by atoms with Gasteiger partial charge in [-0.15, -0.1) is 11.8 Å². The van der Waals surface area contributed by atoms with Crippen LogP contribution in [-0.4, -0.2) is 16.8 Å². The number of unbranched alkanes of at least 4 members (excludes halogenated alkanes) is 5. The summed E-state index contributed by atoms with van der Waals surface area (Å²) in [6.45, 7) is 4.03. The maximum Gasteiger partial charge on any atom is 0.324 e. The van der Waals surface area contributed by atoms with Crippen molar-refractivity contribution in [2.45, 2.75) is 57.1 Å². The first kappa shape index (κ1) is 17.1. The van der Waals surface area contributed by atoms with Crippen molar-refractivity contribution in [1.82, 2.24) is 0 Å². The van der Waals surface area contributed by atoms with Crippen LogP contribution in [0.25, 0.3) is 0 Å². The van der Waals surface area contributed by atoms with Gasteiger partial charge in [0.2, 0.25) is 0 Å². The second-order valence-corrected chi connectivity index (χ2v) is 6.83. The molecule has 1 N–H and O–H groups in total. The van der Waals surface area contributed by atoms with E-state index in [4.69, 9.17) is 0 Å². The molecule has 20 heavy (non-hydrogen) atoms. The van der Waals surface area contributed by atoms with E-state index < -0.39 is 10.7 Å². The van der Waals surface area contributed by atoms with Crippen LogP contribution in [-0.2, 0) is 9.54 Å². The van der Waals surface area contributed by atoms with Gasteiger partial charge < -0.3 is 5.11 Å². The van der Waals surface area contributed by atoms with Gasteiger partial charge in [-0.1, -0.05) is 69.4 Å². The van der Waals surface area contributed by atoms with Crippen LogP contribution in [0.5, 0.6) is 0 Å². The lowest BCUT2D eigenvalue weighted by Crippen LogP contribution is -2.29. The van der Waals surface area contributed by atoms with Gasteiger partial charge in [-0.25, -0.2) is 0 Å². The Labute approximate surface area is 127 Å². The average Bonchev–Trinajstić information content (AvgIpc) is 2.46. The molecule has 0 aromatic heterocycles. The van der Waals surface area contributed by atoms with Crippen LogP contribution in [0.15, 0.2) is 30.3 Å². The number of carboxylic acids is 1. The molecular weight excluding hydrogens is 268 g/mol. The highest BCUT2D eigenvalue weighted by Gasteiger charge is 2.35. The van der Waals surface area contributed by atoms with Crippen LogP contribution in [0.4, 0.5) is 0 Å². The Morgan fingerprint density at radius 1 is 1.10 bits per heavy atom. The average molecular weight is 294 g/mol. The van der Waals surface area contributed by atoms with Crippen molar-refractivity contribution in [3.05, 3.63) is 35.9 Å². The molecule has 0 fully saturated rings. The van der Waals surface area contributed by atoms with Crippen molar-refractivity contribution in [2.24, 2.45) is 0 Å². The minimum absolute atomic E-state index is 0.750. The Kier molecular flexibility index (Phi) is 7.75. The normalized spacial score (nSPS) is 13.9. The smallest absolute Gasteiger partial charge is 0.324 e. The molecule has 0 aliphatic carbocycles. The van der Waals surface area contributed by atoms with Gasteiger partial charge in [0.15, 0.2) is 0 Å². The molecule has 0 spiro atoms. The van der Waals surface area contributed by atoms with Crippen molar-refractivity contribution in [1.29, 1.82) is 0 Å². The standard InChI is InChI=1S/C17H26O2S/c1-3-4-5-6-7-11-14-20-17(2,16(18)19)15-12-9-8-10-13-15/h8-10,12-13H,3-7,11,14H2,1-2H3,(H,18,19). The van der Waals surface area contributed by atoms with Crippen molar-refractivity contribution < 1.29 is 9.90 Å². The molecular formula is C17H26O2S. The summed E-state index contributed by atoms with van der Waals surface area (Å²) in [5.41, 5.74) is 0.878. The van der Waals surface area contributed by atoms with E-state index in [1.807, 2.05) is 37.3 Å². The van der Waals surface area contributed by atoms with E-state index in [1.54, 1.807) is 11.8 Å². The Morgan fingerprint density at radius 3 is 2.30 bits per heavy atom. The highest BCUT2D eigenvalue weighted by atomic mass is 32.2. The fourth-order valence-corrected chi connectivity index (χ4v) is 3.37. The summed E-state index contributed by atoms with van der Waals surface area (Å²) in [6.07, 6.45) is 7.45. The molecule has 1 aromatic rings. The molecule has 0 aliphatic heterocycles. The molecule has 0 bridgehead atoms. The third-order valence-electron chi connectivity index (χ3n) is 3.62. The Morgan fingerprint density at radius 2 is 1.70 bits per heavy atom. The van der Waals surface area contributed by atoms with Gasteiger partial charge in [-0.3, -0.25) is 4.79 Å². The van der Waals surface area contributed by atoms with Crippen LogP contribution < -0.4 is 0 Å². The van der Waals surface area contributed by atoms with E-state index in [9.17, 15) is 9.90 Å². The lowest BCUT2D eigenvalue weighted by Gasteiger charge is -2.24. The number of rotatable bonds is 10. The Bertz CT molecular complexity index is 391. The molecule has 3 heteroatoms. The van der Waals surface area contributed by atoms with Crippen molar-refractivity contribution >= 4 is 17.7 Å². The summed E-state index contributed by atoms with van der Waals surface area (Å²) in [6, 6.07) is 9.54. The van der Waals surface area contributed by atoms with Crippen molar-refractivity contribution in [3.8, 4) is 0 Å². The van der Waals surface area contributed by atoms with Gasteiger partial charge in [-0.05, 0) is 24.7 Å². The third kappa shape index (κ3) is 5.20. The second kappa shape index (κ2) is 9.06. The first-order valence-corrected chi connectivity index (χ1v) is 8.52. The molecule has 1 unspecified atom stereocenters. The summed E-state index contributed by atoms with van der Waals surface area (Å²) in [7, 11) is 0. The van der Waals surface area contributed by atoms with E-state index in [0.717, 1.165) is 17.7 Å². The SMILES string of the molecule is CCCCCCCCSC(C)(C(=O)O)c1ccccc1. The molecule has 2 nitrogen and oxygen atoms in total. The van der Waals surface area contributed by atoms with Gasteiger partial charge in [-0.2, -0.15) is 0 Å². The highest BCUT2D eigenvalue weighted by Crippen LogP contribution is 2.37. The predicted molar refractivity (Wildman–Crippen MR) is 87.3 cm³/mol. The van der Waals surface area contributed by atoms with Crippen LogP contribution in [0.3, 0.4) is 0 Å². The maximum atomic E-state index is 11.6. The summed E-state index contributed by atoms with van der Waals surface area (Å²) in [5, 5.41) is 9.54. The summed E-state index contributed by atoms with van der Waals surface area (Å²) in [4.78, 5) is 11.6. The maximum absolute atomic E-state index is 11.6. The van der Waals surface area contributed by atoms with Gasteiger partial charge >= 0.3 is 5.97 Å². The minimum Gasteiger partial charge on any atom is -0.480 e. The number of hydrogen-bond donors (Lipinski definition) is 1. The molecule has 1 aromatic carbocycles. The lowest BCUT2D eigenvalue weighted by molar-refractivity contribution is -0.139. The molecule has 0 saturated carbocycles. The predicted octanol–water partition coefficient (Wildman–Crippen LogP) is 5.08. The number of hydrogen-bond acceptors (Lipinski definition) is 2. The molecule has 0 aliphatic rings. The van der Waals surface area contributed by atoms with Crippen LogP contribution >= 0.6 is 11.8 Å². The summed E-state index contributed by atoms with van der Waals surface area (Å²) < 4.78 is -0.829. The van der Waals surface area contributed by atoms with E-state index in [-0.39, 0.29) is 0 Å². The summed E-state index contributed by atoms with van der Waals surface area (Å²) in [5.74, 6) is 0.156. The monoisotopic (exact) mass is 294 g/mol. The molecule has 0 radical (unpaired) electrons. The fourth-order valence-electron chi connectivity index (χ4n) is 2.18. The molecule has 0 saturated heterocycles. The van der Waals surface area contributed by atoms with Crippen LogP contribution in [0.1, 0.15) is 57.9 Å². The van der Waals surface area contributed by atoms with E-state index in [0.29, 0.717) is 0 Å². The molecule has 1 rings (SSSR count). The molecule has 1 atom stereocenters. The van der Waals surface area contributed by atoms with Gasteiger partial charge in [0.25, 0.3) is 0 Å². The molecule has 0 heterocycles. The minimum atomic E-state index is -0.829. The quantitative estimate of drug-likeness (QED) is 0.611. The van der Waals surface area contributed by atoms with Crippen LogP contribution in [0, 0.1) is 0 Å².